The number of benzene rings is 1. The Labute approximate surface area is 154 Å². The van der Waals surface area contributed by atoms with E-state index in [0.717, 1.165) is 0 Å². The molecule has 1 unspecified atom stereocenters. The van der Waals surface area contributed by atoms with Crippen molar-refractivity contribution in [1.82, 2.24) is 0 Å². The minimum Gasteiger partial charge on any atom is -0.591 e. The van der Waals surface area contributed by atoms with E-state index in [-0.39, 0.29) is 21.4 Å². The predicted molar refractivity (Wildman–Crippen MR) is 105 cm³/mol. The van der Waals surface area contributed by atoms with Crippen LogP contribution in [0.1, 0.15) is 47.1 Å². The average Bonchev–Trinajstić information content (AvgIpc) is 2.40. The van der Waals surface area contributed by atoms with E-state index >= 15 is 0 Å². The zero-order valence-corrected chi connectivity index (χ0v) is 18.2. The van der Waals surface area contributed by atoms with Gasteiger partial charge in [-0.3, -0.25) is 0 Å². The molecule has 0 heterocycles. The number of rotatable bonds is 4. The molecule has 0 aromatic heterocycles. The van der Waals surface area contributed by atoms with Gasteiger partial charge in [-0.2, -0.15) is 0 Å². The van der Waals surface area contributed by atoms with E-state index in [2.05, 4.69) is 25.2 Å². The second-order valence-electron chi connectivity index (χ2n) is 8.24. The van der Waals surface area contributed by atoms with E-state index in [4.69, 9.17) is 16.0 Å². The van der Waals surface area contributed by atoms with Gasteiger partial charge >= 0.3 is 0 Å². The summed E-state index contributed by atoms with van der Waals surface area (Å²) in [6.45, 7) is 15.7. The molecule has 1 atom stereocenters. The van der Waals surface area contributed by atoms with E-state index in [0.29, 0.717) is 0 Å². The molecule has 0 N–H and O–H groups in total. The highest BCUT2D eigenvalue weighted by Gasteiger charge is 2.40. The Morgan fingerprint density at radius 3 is 2.21 bits per heavy atom. The van der Waals surface area contributed by atoms with Crippen molar-refractivity contribution in [2.75, 3.05) is 0 Å². The van der Waals surface area contributed by atoms with Gasteiger partial charge in [0.2, 0.25) is 0 Å². The van der Waals surface area contributed by atoms with Crippen molar-refractivity contribution in [2.45, 2.75) is 64.4 Å². The van der Waals surface area contributed by atoms with Gasteiger partial charge in [0.15, 0.2) is 11.6 Å². The zero-order chi connectivity index (χ0) is 18.9. The first kappa shape index (κ1) is 21.5. The lowest BCUT2D eigenvalue weighted by Crippen LogP contribution is -2.44. The second-order valence-corrected chi connectivity index (χ2v) is 15.3. The van der Waals surface area contributed by atoms with E-state index in [9.17, 15) is 8.94 Å². The minimum atomic E-state index is -2.24. The summed E-state index contributed by atoms with van der Waals surface area (Å²) in [5.74, 6) is -0.518. The van der Waals surface area contributed by atoms with Crippen LogP contribution >= 0.6 is 11.6 Å². The molecule has 136 valence electrons. The SMILES string of the molecule is CC(C)(C)[S+]([O-])N=Cc1ccc(Cl)c(O[Si](C)(C)C(C)(C)C)c1F. The van der Waals surface area contributed by atoms with Gasteiger partial charge in [0.1, 0.15) is 16.1 Å². The number of halogens is 2. The first-order valence-corrected chi connectivity index (χ1v) is 12.2. The highest BCUT2D eigenvalue weighted by Crippen LogP contribution is 2.40. The molecule has 7 heteroatoms. The molecule has 0 bridgehead atoms. The Bertz CT molecular complexity index is 624. The Morgan fingerprint density at radius 2 is 1.75 bits per heavy atom. The summed E-state index contributed by atoms with van der Waals surface area (Å²) in [6, 6.07) is 3.09. The Hall–Kier alpha value is -0.563. The molecule has 0 saturated heterocycles. The quantitative estimate of drug-likeness (QED) is 0.373. The summed E-state index contributed by atoms with van der Waals surface area (Å²) in [7, 11) is -2.24. The van der Waals surface area contributed by atoms with Crippen LogP contribution in [0.15, 0.2) is 16.5 Å². The first-order chi connectivity index (χ1) is 10.7. The summed E-state index contributed by atoms with van der Waals surface area (Å²) >= 11 is 4.69. The number of nitrogens with zero attached hydrogens (tertiary/aromatic N) is 1. The number of hydrogen-bond acceptors (Lipinski definition) is 3. The molecule has 0 amide bonds. The van der Waals surface area contributed by atoms with E-state index in [1.807, 2.05) is 33.9 Å². The van der Waals surface area contributed by atoms with Gasteiger partial charge in [-0.1, -0.05) is 36.8 Å². The van der Waals surface area contributed by atoms with Crippen molar-refractivity contribution >= 4 is 37.5 Å². The second kappa shape index (κ2) is 7.36. The van der Waals surface area contributed by atoms with Crippen molar-refractivity contribution in [3.63, 3.8) is 0 Å². The molecule has 0 aliphatic carbocycles. The van der Waals surface area contributed by atoms with Gasteiger partial charge in [-0.05, 0) is 51.0 Å². The molecule has 0 fully saturated rings. The van der Waals surface area contributed by atoms with Crippen LogP contribution in [0.25, 0.3) is 0 Å². The van der Waals surface area contributed by atoms with E-state index in [1.165, 1.54) is 12.3 Å². The lowest BCUT2D eigenvalue weighted by atomic mass is 10.2. The molecule has 0 radical (unpaired) electrons. The third kappa shape index (κ3) is 5.21. The molecule has 0 saturated carbocycles. The molecule has 3 nitrogen and oxygen atoms in total. The Kier molecular flexibility index (Phi) is 6.58. The molecular weight excluding hydrogens is 365 g/mol. The van der Waals surface area contributed by atoms with Crippen LogP contribution in [0.2, 0.25) is 23.2 Å². The van der Waals surface area contributed by atoms with Crippen molar-refractivity contribution in [1.29, 1.82) is 0 Å². The lowest BCUT2D eigenvalue weighted by molar-refractivity contribution is 0.457. The normalized spacial score (nSPS) is 15.0. The maximum atomic E-state index is 14.8. The summed E-state index contributed by atoms with van der Waals surface area (Å²) in [5, 5.41) is 0.145. The van der Waals surface area contributed by atoms with Gasteiger partial charge < -0.3 is 8.98 Å². The first-order valence-electron chi connectivity index (χ1n) is 7.80. The van der Waals surface area contributed by atoms with Crippen LogP contribution < -0.4 is 4.43 Å². The third-order valence-corrected chi connectivity index (χ3v) is 10.0. The van der Waals surface area contributed by atoms with Crippen molar-refractivity contribution in [3.05, 3.63) is 28.5 Å². The summed E-state index contributed by atoms with van der Waals surface area (Å²) in [6.07, 6.45) is 1.28. The highest BCUT2D eigenvalue weighted by atomic mass is 35.5. The molecular formula is C17H27ClFNO2SSi. The minimum absolute atomic E-state index is 0.0498. The van der Waals surface area contributed by atoms with Crippen LogP contribution in [0.3, 0.4) is 0 Å². The van der Waals surface area contributed by atoms with Crippen molar-refractivity contribution in [2.24, 2.45) is 4.40 Å². The third-order valence-electron chi connectivity index (χ3n) is 4.05. The number of hydrogen-bond donors (Lipinski definition) is 0. The summed E-state index contributed by atoms with van der Waals surface area (Å²) < 4.78 is 36.3. The van der Waals surface area contributed by atoms with Crippen LogP contribution in [0.5, 0.6) is 5.75 Å². The Morgan fingerprint density at radius 1 is 1.21 bits per heavy atom. The monoisotopic (exact) mass is 391 g/mol. The fourth-order valence-electron chi connectivity index (χ4n) is 1.41. The molecule has 0 aliphatic heterocycles. The molecule has 24 heavy (non-hydrogen) atoms. The maximum absolute atomic E-state index is 14.8. The van der Waals surface area contributed by atoms with E-state index in [1.54, 1.807) is 6.07 Å². The molecule has 1 aromatic carbocycles. The maximum Gasteiger partial charge on any atom is 0.250 e. The lowest BCUT2D eigenvalue weighted by Gasteiger charge is -2.36. The van der Waals surface area contributed by atoms with Gasteiger partial charge in [-0.15, -0.1) is 0 Å². The van der Waals surface area contributed by atoms with Crippen LogP contribution in [0, 0.1) is 5.82 Å². The van der Waals surface area contributed by atoms with Gasteiger partial charge in [0, 0.05) is 5.56 Å². The predicted octanol–water partition coefficient (Wildman–Crippen LogP) is 5.74. The summed E-state index contributed by atoms with van der Waals surface area (Å²) in [4.78, 5) is 0. The summed E-state index contributed by atoms with van der Waals surface area (Å²) in [5.41, 5.74) is 0.214. The van der Waals surface area contributed by atoms with Crippen molar-refractivity contribution in [3.8, 4) is 5.75 Å². The Balaban J connectivity index is 3.20. The average molecular weight is 392 g/mol. The molecule has 1 rings (SSSR count). The van der Waals surface area contributed by atoms with Crippen LogP contribution in [-0.2, 0) is 11.4 Å². The van der Waals surface area contributed by atoms with E-state index < -0.39 is 30.2 Å². The van der Waals surface area contributed by atoms with Gasteiger partial charge in [0.05, 0.1) is 11.2 Å². The largest absolute Gasteiger partial charge is 0.591 e. The van der Waals surface area contributed by atoms with Crippen LogP contribution in [-0.4, -0.2) is 23.8 Å². The fourth-order valence-corrected chi connectivity index (χ4v) is 3.20. The standard InChI is InChI=1S/C17H27ClFNO2SSi/c1-16(2,3)23(21)20-11-12-9-10-13(18)15(14(12)19)22-24(7,8)17(4,5)6/h9-11H,1-8H3. The topological polar surface area (TPSA) is 44.7 Å². The van der Waals surface area contributed by atoms with Gasteiger partial charge in [0.25, 0.3) is 8.32 Å². The van der Waals surface area contributed by atoms with Gasteiger partial charge in [-0.25, -0.2) is 4.39 Å². The zero-order valence-electron chi connectivity index (χ0n) is 15.7. The van der Waals surface area contributed by atoms with Crippen LogP contribution in [0.4, 0.5) is 4.39 Å². The molecule has 1 aromatic rings. The molecule has 0 aliphatic rings. The smallest absolute Gasteiger partial charge is 0.250 e. The fraction of sp³-hybridized carbons (Fsp3) is 0.588. The van der Waals surface area contributed by atoms with Crippen molar-refractivity contribution < 1.29 is 13.4 Å². The highest BCUT2D eigenvalue weighted by molar-refractivity contribution is 7.91. The molecule has 0 spiro atoms.